The Bertz CT molecular complexity index is 207. The lowest BCUT2D eigenvalue weighted by atomic mass is 10.1. The van der Waals surface area contributed by atoms with Gasteiger partial charge in [-0.2, -0.15) is 0 Å². The zero-order valence-electron chi connectivity index (χ0n) is 5.67. The molecule has 0 fully saturated rings. The molecule has 1 aliphatic rings. The molecule has 0 unspecified atom stereocenters. The van der Waals surface area contributed by atoms with Gasteiger partial charge >= 0.3 is 0 Å². The smallest absolute Gasteiger partial charge is 0.0635 e. The predicted octanol–water partition coefficient (Wildman–Crippen LogP) is 1.60. The van der Waals surface area contributed by atoms with Crippen LogP contribution < -0.4 is 5.32 Å². The highest BCUT2D eigenvalue weighted by molar-refractivity contribution is 5.50. The van der Waals surface area contributed by atoms with Crippen LogP contribution in [0.4, 0.5) is 5.69 Å². The van der Waals surface area contributed by atoms with E-state index in [-0.39, 0.29) is 0 Å². The monoisotopic (exact) mass is 133 g/mol. The summed E-state index contributed by atoms with van der Waals surface area (Å²) >= 11 is 0. The van der Waals surface area contributed by atoms with Crippen LogP contribution in [0.2, 0.25) is 0 Å². The third kappa shape index (κ3) is 0.856. The zero-order chi connectivity index (χ0) is 6.81. The second kappa shape index (κ2) is 2.29. The molecule has 2 rings (SSSR count). The number of rotatable bonds is 0. The average molecular weight is 133 g/mol. The molecule has 1 aromatic rings. The van der Waals surface area contributed by atoms with E-state index in [1.807, 2.05) is 12.3 Å². The van der Waals surface area contributed by atoms with Crippen molar-refractivity contribution in [1.82, 2.24) is 4.98 Å². The van der Waals surface area contributed by atoms with Crippen LogP contribution in [0.1, 0.15) is 12.1 Å². The molecule has 51 valence electrons. The van der Waals surface area contributed by atoms with Crippen LogP contribution in [0, 0.1) is 6.54 Å². The molecule has 0 saturated heterocycles. The lowest BCUT2D eigenvalue weighted by Gasteiger charge is -2.14. The predicted molar refractivity (Wildman–Crippen MR) is 40.5 cm³/mol. The van der Waals surface area contributed by atoms with Crippen molar-refractivity contribution in [3.05, 3.63) is 30.6 Å². The Morgan fingerprint density at radius 2 is 2.50 bits per heavy atom. The van der Waals surface area contributed by atoms with Crippen LogP contribution in [0.5, 0.6) is 0 Å². The molecule has 0 spiro atoms. The number of pyridine rings is 1. The van der Waals surface area contributed by atoms with Crippen LogP contribution >= 0.6 is 0 Å². The molecule has 0 bridgehead atoms. The van der Waals surface area contributed by atoms with Gasteiger partial charge in [0.1, 0.15) is 0 Å². The number of nitrogens with zero attached hydrogens (tertiary/aromatic N) is 1. The van der Waals surface area contributed by atoms with E-state index in [0.717, 1.165) is 18.5 Å². The molecule has 0 aromatic carbocycles. The highest BCUT2D eigenvalue weighted by atomic mass is 14.9. The second-order valence-corrected chi connectivity index (χ2v) is 2.38. The van der Waals surface area contributed by atoms with Gasteiger partial charge in [0.05, 0.1) is 11.4 Å². The van der Waals surface area contributed by atoms with Gasteiger partial charge in [-0.3, -0.25) is 4.98 Å². The number of hydrogen-bond donors (Lipinski definition) is 1. The van der Waals surface area contributed by atoms with E-state index >= 15 is 0 Å². The Labute approximate surface area is 60.3 Å². The Hall–Kier alpha value is -1.05. The summed E-state index contributed by atoms with van der Waals surface area (Å²) in [4.78, 5) is 4.24. The first-order valence-corrected chi connectivity index (χ1v) is 3.49. The number of nitrogens with one attached hydrogen (secondary N) is 1. The maximum atomic E-state index is 4.24. The molecule has 1 aromatic heterocycles. The molecular formula is C8H9N2. The summed E-state index contributed by atoms with van der Waals surface area (Å²) in [7, 11) is 0. The Kier molecular flexibility index (Phi) is 1.31. The summed E-state index contributed by atoms with van der Waals surface area (Å²) < 4.78 is 0. The van der Waals surface area contributed by atoms with Gasteiger partial charge in [0.15, 0.2) is 0 Å². The fourth-order valence-electron chi connectivity index (χ4n) is 1.16. The van der Waals surface area contributed by atoms with Crippen molar-refractivity contribution < 1.29 is 0 Å². The summed E-state index contributed by atoms with van der Waals surface area (Å²) in [6.45, 7) is 2.07. The number of hydrogen-bond acceptors (Lipinski definition) is 2. The lowest BCUT2D eigenvalue weighted by Crippen LogP contribution is -2.07. The summed E-state index contributed by atoms with van der Waals surface area (Å²) in [5.41, 5.74) is 2.35. The minimum Gasteiger partial charge on any atom is -0.379 e. The number of aromatic nitrogens is 1. The fraction of sp³-hybridized carbons (Fsp3) is 0.250. The van der Waals surface area contributed by atoms with E-state index in [1.54, 1.807) is 0 Å². The minimum atomic E-state index is 1.07. The van der Waals surface area contributed by atoms with Gasteiger partial charge < -0.3 is 5.32 Å². The quantitative estimate of drug-likeness (QED) is 0.581. The maximum Gasteiger partial charge on any atom is 0.0635 e. The molecule has 10 heavy (non-hydrogen) atoms. The molecule has 1 radical (unpaired) electrons. The van der Waals surface area contributed by atoms with Crippen LogP contribution in [0.3, 0.4) is 0 Å². The molecule has 0 atom stereocenters. The van der Waals surface area contributed by atoms with Gasteiger partial charge in [-0.1, -0.05) is 0 Å². The SMILES string of the molecule is [CH]1CCc2ncccc2N1. The van der Waals surface area contributed by atoms with E-state index in [0.29, 0.717) is 0 Å². The van der Waals surface area contributed by atoms with Gasteiger partial charge in [-0.05, 0) is 25.0 Å². The van der Waals surface area contributed by atoms with Crippen molar-refractivity contribution in [3.8, 4) is 0 Å². The highest BCUT2D eigenvalue weighted by Gasteiger charge is 2.06. The largest absolute Gasteiger partial charge is 0.379 e. The molecule has 1 aliphatic heterocycles. The number of fused-ring (bicyclic) bond motifs is 1. The van der Waals surface area contributed by atoms with Crippen molar-refractivity contribution in [3.63, 3.8) is 0 Å². The Balaban J connectivity index is 2.41. The molecule has 0 aliphatic carbocycles. The van der Waals surface area contributed by atoms with E-state index in [1.165, 1.54) is 5.69 Å². The van der Waals surface area contributed by atoms with Gasteiger partial charge in [-0.15, -0.1) is 0 Å². The molecule has 0 amide bonds. The van der Waals surface area contributed by atoms with Crippen LogP contribution in [0.25, 0.3) is 0 Å². The van der Waals surface area contributed by atoms with Crippen molar-refractivity contribution in [2.24, 2.45) is 0 Å². The van der Waals surface area contributed by atoms with E-state index in [4.69, 9.17) is 0 Å². The van der Waals surface area contributed by atoms with Crippen LogP contribution in [-0.2, 0) is 6.42 Å². The summed E-state index contributed by atoms with van der Waals surface area (Å²) in [5.74, 6) is 0. The summed E-state index contributed by atoms with van der Waals surface area (Å²) in [6.07, 6.45) is 4.00. The van der Waals surface area contributed by atoms with Gasteiger partial charge in [0.25, 0.3) is 0 Å². The highest BCUT2D eigenvalue weighted by Crippen LogP contribution is 2.19. The van der Waals surface area contributed by atoms with Gasteiger partial charge in [0, 0.05) is 12.7 Å². The first-order chi connectivity index (χ1) is 4.97. The zero-order valence-corrected chi connectivity index (χ0v) is 5.67. The second-order valence-electron chi connectivity index (χ2n) is 2.38. The third-order valence-electron chi connectivity index (χ3n) is 1.67. The summed E-state index contributed by atoms with van der Waals surface area (Å²) in [6, 6.07) is 4.00. The van der Waals surface area contributed by atoms with Crippen molar-refractivity contribution in [2.75, 3.05) is 5.32 Å². The Morgan fingerprint density at radius 1 is 1.50 bits per heavy atom. The molecular weight excluding hydrogens is 124 g/mol. The Morgan fingerprint density at radius 3 is 3.40 bits per heavy atom. The van der Waals surface area contributed by atoms with Gasteiger partial charge in [-0.25, -0.2) is 0 Å². The fourth-order valence-corrected chi connectivity index (χ4v) is 1.16. The average Bonchev–Trinajstić information content (AvgIpc) is 2.05. The molecule has 0 saturated carbocycles. The van der Waals surface area contributed by atoms with Crippen LogP contribution in [0.15, 0.2) is 18.3 Å². The number of anilines is 1. The maximum absolute atomic E-state index is 4.24. The van der Waals surface area contributed by atoms with Crippen molar-refractivity contribution in [2.45, 2.75) is 12.8 Å². The van der Waals surface area contributed by atoms with Crippen molar-refractivity contribution in [1.29, 1.82) is 0 Å². The van der Waals surface area contributed by atoms with Gasteiger partial charge in [0.2, 0.25) is 0 Å². The van der Waals surface area contributed by atoms with E-state index in [2.05, 4.69) is 22.9 Å². The summed E-state index contributed by atoms with van der Waals surface area (Å²) in [5, 5.41) is 3.18. The molecule has 2 heterocycles. The standard InChI is InChI=1S/C8H9N2/c1-3-7-8(9-5-1)4-2-6-10-7/h1,3,5-6,10H,2,4H2. The topological polar surface area (TPSA) is 24.9 Å². The normalized spacial score (nSPS) is 15.6. The number of aryl methyl sites for hydroxylation is 1. The minimum absolute atomic E-state index is 1.07. The van der Waals surface area contributed by atoms with E-state index < -0.39 is 0 Å². The lowest BCUT2D eigenvalue weighted by molar-refractivity contribution is 0.868. The molecule has 2 heteroatoms. The van der Waals surface area contributed by atoms with E-state index in [9.17, 15) is 0 Å². The third-order valence-corrected chi connectivity index (χ3v) is 1.67. The van der Waals surface area contributed by atoms with Crippen LogP contribution in [-0.4, -0.2) is 4.98 Å². The molecule has 2 nitrogen and oxygen atoms in total. The first-order valence-electron chi connectivity index (χ1n) is 3.49. The first kappa shape index (κ1) is 5.71. The molecule has 1 N–H and O–H groups in total. The van der Waals surface area contributed by atoms with Crippen molar-refractivity contribution >= 4 is 5.69 Å².